The number of benzene rings is 2. The largest absolute Gasteiger partial charge is 0.505 e. The summed E-state index contributed by atoms with van der Waals surface area (Å²) in [5, 5.41) is 17.8. The minimum Gasteiger partial charge on any atom is -0.505 e. The number of rotatable bonds is 7. The Kier molecular flexibility index (Phi) is 6.51. The molecule has 3 N–H and O–H groups in total. The van der Waals surface area contributed by atoms with E-state index in [-0.39, 0.29) is 5.75 Å². The van der Waals surface area contributed by atoms with Gasteiger partial charge in [-0.2, -0.15) is 4.98 Å². The molecule has 3 aromatic rings. The summed E-state index contributed by atoms with van der Waals surface area (Å²) in [4.78, 5) is 11.5. The predicted octanol–water partition coefficient (Wildman–Crippen LogP) is 4.30. The summed E-state index contributed by atoms with van der Waals surface area (Å²) in [6.07, 6.45) is 4.33. The maximum Gasteiger partial charge on any atom is 0.225 e. The van der Waals surface area contributed by atoms with Crippen molar-refractivity contribution in [3.63, 3.8) is 0 Å². The van der Waals surface area contributed by atoms with Crippen molar-refractivity contribution >= 4 is 22.7 Å². The summed E-state index contributed by atoms with van der Waals surface area (Å²) in [5.41, 5.74) is 1.54. The van der Waals surface area contributed by atoms with Gasteiger partial charge in [-0.1, -0.05) is 24.3 Å². The monoisotopic (exact) mass is 423 g/mol. The Morgan fingerprint density at radius 2 is 1.81 bits per heavy atom. The molecule has 7 heteroatoms. The number of halogens is 1. The molecule has 0 bridgehead atoms. The minimum absolute atomic E-state index is 0.254. The van der Waals surface area contributed by atoms with Crippen LogP contribution < -0.4 is 15.5 Å². The van der Waals surface area contributed by atoms with Crippen LogP contribution in [0.5, 0.6) is 5.75 Å². The number of nitrogens with zero attached hydrogens (tertiary/aromatic N) is 3. The van der Waals surface area contributed by atoms with E-state index in [1.165, 1.54) is 6.07 Å². The van der Waals surface area contributed by atoms with Crippen LogP contribution >= 0.6 is 0 Å². The maximum atomic E-state index is 13.4. The molecule has 164 valence electrons. The molecule has 0 aliphatic heterocycles. The highest BCUT2D eigenvalue weighted by Crippen LogP contribution is 2.28. The normalized spacial score (nSPS) is 18.8. The molecular weight excluding hydrogens is 393 g/mol. The lowest BCUT2D eigenvalue weighted by molar-refractivity contribution is 0.322. The van der Waals surface area contributed by atoms with Crippen LogP contribution in [0.1, 0.15) is 31.2 Å². The summed E-state index contributed by atoms with van der Waals surface area (Å²) in [5.74, 6) is 1.36. The fourth-order valence-corrected chi connectivity index (χ4v) is 4.27. The SMILES string of the molecule is CN(C)c1nc(N[C@H]2CC[C@@H](CNCc3cccc(F)c3O)CC2)nc2ccccc12. The maximum absolute atomic E-state index is 13.4. The number of para-hydroxylation sites is 2. The Morgan fingerprint density at radius 1 is 1.03 bits per heavy atom. The first-order chi connectivity index (χ1) is 15.0. The van der Waals surface area contributed by atoms with Crippen LogP contribution in [0, 0.1) is 11.7 Å². The van der Waals surface area contributed by atoms with Gasteiger partial charge in [-0.05, 0) is 56.3 Å². The Morgan fingerprint density at radius 3 is 2.58 bits per heavy atom. The number of aromatic nitrogens is 2. The van der Waals surface area contributed by atoms with E-state index < -0.39 is 5.82 Å². The van der Waals surface area contributed by atoms with Crippen LogP contribution in [0.3, 0.4) is 0 Å². The van der Waals surface area contributed by atoms with Gasteiger partial charge in [-0.3, -0.25) is 0 Å². The van der Waals surface area contributed by atoms with Crippen LogP contribution in [-0.4, -0.2) is 41.8 Å². The zero-order valence-corrected chi connectivity index (χ0v) is 18.1. The Hall–Kier alpha value is -2.93. The lowest BCUT2D eigenvalue weighted by Crippen LogP contribution is -2.31. The summed E-state index contributed by atoms with van der Waals surface area (Å²) < 4.78 is 13.4. The highest BCUT2D eigenvalue weighted by Gasteiger charge is 2.22. The van der Waals surface area contributed by atoms with Gasteiger partial charge >= 0.3 is 0 Å². The topological polar surface area (TPSA) is 73.3 Å². The van der Waals surface area contributed by atoms with Crippen molar-refractivity contribution in [3.05, 3.63) is 53.8 Å². The van der Waals surface area contributed by atoms with Gasteiger partial charge in [0.05, 0.1) is 5.52 Å². The van der Waals surface area contributed by atoms with E-state index in [1.807, 2.05) is 37.2 Å². The molecule has 1 fully saturated rings. The number of fused-ring (bicyclic) bond motifs is 1. The van der Waals surface area contributed by atoms with E-state index in [0.29, 0.717) is 30.0 Å². The average Bonchev–Trinajstić information content (AvgIpc) is 2.77. The molecule has 4 rings (SSSR count). The van der Waals surface area contributed by atoms with Gasteiger partial charge in [0.2, 0.25) is 5.95 Å². The molecule has 2 aromatic carbocycles. The lowest BCUT2D eigenvalue weighted by atomic mass is 9.86. The number of anilines is 2. The van der Waals surface area contributed by atoms with E-state index in [0.717, 1.165) is 48.9 Å². The van der Waals surface area contributed by atoms with Crippen molar-refractivity contribution in [2.45, 2.75) is 38.3 Å². The number of aromatic hydroxyl groups is 1. The predicted molar refractivity (Wildman–Crippen MR) is 123 cm³/mol. The van der Waals surface area contributed by atoms with E-state index in [1.54, 1.807) is 12.1 Å². The number of phenols is 1. The average molecular weight is 424 g/mol. The third-order valence-electron chi connectivity index (χ3n) is 6.01. The molecule has 0 saturated heterocycles. The summed E-state index contributed by atoms with van der Waals surface area (Å²) >= 11 is 0. The van der Waals surface area contributed by atoms with Gasteiger partial charge in [0, 0.05) is 37.6 Å². The smallest absolute Gasteiger partial charge is 0.225 e. The Bertz CT molecular complexity index is 1030. The zero-order chi connectivity index (χ0) is 21.8. The third kappa shape index (κ3) is 5.05. The summed E-state index contributed by atoms with van der Waals surface area (Å²) in [6.45, 7) is 1.33. The number of hydrogen-bond acceptors (Lipinski definition) is 6. The molecule has 0 spiro atoms. The van der Waals surface area contributed by atoms with Crippen molar-refractivity contribution in [2.75, 3.05) is 30.9 Å². The van der Waals surface area contributed by atoms with E-state index in [9.17, 15) is 9.50 Å². The summed E-state index contributed by atoms with van der Waals surface area (Å²) in [7, 11) is 4.00. The van der Waals surface area contributed by atoms with Crippen LogP contribution in [0.4, 0.5) is 16.2 Å². The van der Waals surface area contributed by atoms with Crippen LogP contribution in [-0.2, 0) is 6.54 Å². The number of phenolic OH excluding ortho intramolecular Hbond substituents is 1. The first-order valence-electron chi connectivity index (χ1n) is 10.9. The Labute approximate surface area is 182 Å². The standard InChI is InChI=1S/C24H30FN5O/c1-30(2)23-19-7-3-4-9-21(19)28-24(29-23)27-18-12-10-16(11-13-18)14-26-15-17-6-5-8-20(25)22(17)31/h3-9,16,18,26,31H,10-15H2,1-2H3,(H,27,28,29)/t16-,18+. The first kappa shape index (κ1) is 21.3. The van der Waals surface area contributed by atoms with E-state index in [2.05, 4.69) is 16.7 Å². The van der Waals surface area contributed by atoms with Gasteiger partial charge in [0.15, 0.2) is 11.6 Å². The van der Waals surface area contributed by atoms with Crippen molar-refractivity contribution in [3.8, 4) is 5.75 Å². The Balaban J connectivity index is 1.30. The minimum atomic E-state index is -0.570. The lowest BCUT2D eigenvalue weighted by Gasteiger charge is -2.29. The van der Waals surface area contributed by atoms with Crippen LogP contribution in [0.2, 0.25) is 0 Å². The second-order valence-corrected chi connectivity index (χ2v) is 8.52. The van der Waals surface area contributed by atoms with Gasteiger partial charge < -0.3 is 20.6 Å². The molecule has 0 amide bonds. The quantitative estimate of drug-likeness (QED) is 0.526. The molecule has 0 unspecified atom stereocenters. The molecule has 1 aliphatic rings. The van der Waals surface area contributed by atoms with Gasteiger partial charge in [0.25, 0.3) is 0 Å². The van der Waals surface area contributed by atoms with Gasteiger partial charge in [-0.25, -0.2) is 9.37 Å². The molecule has 6 nitrogen and oxygen atoms in total. The summed E-state index contributed by atoms with van der Waals surface area (Å²) in [6, 6.07) is 13.1. The fraction of sp³-hybridized carbons (Fsp3) is 0.417. The molecule has 31 heavy (non-hydrogen) atoms. The molecule has 0 radical (unpaired) electrons. The van der Waals surface area contributed by atoms with Crippen molar-refractivity contribution in [1.29, 1.82) is 0 Å². The molecule has 0 atom stereocenters. The fourth-order valence-electron chi connectivity index (χ4n) is 4.27. The third-order valence-corrected chi connectivity index (χ3v) is 6.01. The number of hydrogen-bond donors (Lipinski definition) is 3. The first-order valence-corrected chi connectivity index (χ1v) is 10.9. The highest BCUT2D eigenvalue weighted by molar-refractivity contribution is 5.90. The highest BCUT2D eigenvalue weighted by atomic mass is 19.1. The molecule has 1 aromatic heterocycles. The van der Waals surface area contributed by atoms with Gasteiger partial charge in [0.1, 0.15) is 5.82 Å². The molecular formula is C24H30FN5O. The van der Waals surface area contributed by atoms with Crippen LogP contribution in [0.15, 0.2) is 42.5 Å². The molecule has 1 aliphatic carbocycles. The number of nitrogens with one attached hydrogen (secondary N) is 2. The zero-order valence-electron chi connectivity index (χ0n) is 18.1. The van der Waals surface area contributed by atoms with Crippen molar-refractivity contribution in [1.82, 2.24) is 15.3 Å². The van der Waals surface area contributed by atoms with Crippen molar-refractivity contribution < 1.29 is 9.50 Å². The molecule has 1 saturated carbocycles. The van der Waals surface area contributed by atoms with Gasteiger partial charge in [-0.15, -0.1) is 0 Å². The second kappa shape index (κ2) is 9.47. The van der Waals surface area contributed by atoms with E-state index in [4.69, 9.17) is 9.97 Å². The van der Waals surface area contributed by atoms with Crippen LogP contribution in [0.25, 0.3) is 10.9 Å². The van der Waals surface area contributed by atoms with E-state index >= 15 is 0 Å². The second-order valence-electron chi connectivity index (χ2n) is 8.52. The molecule has 1 heterocycles. The van der Waals surface area contributed by atoms with Crippen molar-refractivity contribution in [2.24, 2.45) is 5.92 Å².